The van der Waals surface area contributed by atoms with Crippen LogP contribution in [0.3, 0.4) is 0 Å². The van der Waals surface area contributed by atoms with E-state index in [-0.39, 0.29) is 12.8 Å². The lowest BCUT2D eigenvalue weighted by molar-refractivity contribution is -0.152. The van der Waals surface area contributed by atoms with Crippen molar-refractivity contribution in [3.8, 4) is 11.5 Å². The maximum Gasteiger partial charge on any atom is 0.328 e. The molecule has 2 amide bonds. The van der Waals surface area contributed by atoms with Gasteiger partial charge in [-0.3, -0.25) is 14.8 Å². The first-order chi connectivity index (χ1) is 16.3. The highest BCUT2D eigenvalue weighted by atomic mass is 79.9. The third-order valence-corrected chi connectivity index (χ3v) is 7.49. The summed E-state index contributed by atoms with van der Waals surface area (Å²) < 4.78 is 16.6. The molecule has 2 N–H and O–H groups in total. The largest absolute Gasteiger partial charge is 0.497 e. The summed E-state index contributed by atoms with van der Waals surface area (Å²) in [7, 11) is 4.29. The minimum absolute atomic E-state index is 0.214. The molecule has 3 atom stereocenters. The van der Waals surface area contributed by atoms with Crippen LogP contribution in [0.5, 0.6) is 11.5 Å². The molecule has 1 aliphatic heterocycles. The number of nitrogens with zero attached hydrogens (tertiary/aromatic N) is 1. The van der Waals surface area contributed by atoms with Gasteiger partial charge in [-0.2, -0.15) is 0 Å². The van der Waals surface area contributed by atoms with Crippen molar-refractivity contribution >= 4 is 45.5 Å². The van der Waals surface area contributed by atoms with Crippen LogP contribution in [0.1, 0.15) is 22.9 Å². The van der Waals surface area contributed by atoms with Gasteiger partial charge >= 0.3 is 5.97 Å². The average molecular weight is 553 g/mol. The van der Waals surface area contributed by atoms with E-state index < -0.39 is 34.4 Å². The number of halogens is 1. The summed E-state index contributed by atoms with van der Waals surface area (Å²) >= 11 is 4.74. The van der Waals surface area contributed by atoms with Crippen molar-refractivity contribution in [1.82, 2.24) is 10.4 Å². The number of hydrogen-bond donors (Lipinski definition) is 2. The Morgan fingerprint density at radius 2 is 1.88 bits per heavy atom. The molecule has 2 aromatic carbocycles. The topological polar surface area (TPSA) is 114 Å². The highest BCUT2D eigenvalue weighted by Gasteiger charge is 2.49. The molecule has 11 heteroatoms. The van der Waals surface area contributed by atoms with Crippen molar-refractivity contribution < 1.29 is 33.8 Å². The van der Waals surface area contributed by atoms with E-state index in [1.165, 1.54) is 38.0 Å². The van der Waals surface area contributed by atoms with Crippen molar-refractivity contribution in [2.75, 3.05) is 21.3 Å². The van der Waals surface area contributed by atoms with Crippen LogP contribution in [0.25, 0.3) is 0 Å². The Hall–Kier alpha value is -2.76. The van der Waals surface area contributed by atoms with Crippen molar-refractivity contribution in [2.45, 2.75) is 29.5 Å². The molecule has 1 fully saturated rings. The first kappa shape index (κ1) is 25.9. The smallest absolute Gasteiger partial charge is 0.328 e. The molecule has 0 aliphatic carbocycles. The normalized spacial score (nSPS) is 18.4. The summed E-state index contributed by atoms with van der Waals surface area (Å²) in [5.41, 5.74) is 3.02. The van der Waals surface area contributed by atoms with Crippen molar-refractivity contribution in [1.29, 1.82) is 0 Å². The van der Waals surface area contributed by atoms with E-state index in [1.54, 1.807) is 17.6 Å². The van der Waals surface area contributed by atoms with Crippen LogP contribution in [0.4, 0.5) is 0 Å². The van der Waals surface area contributed by atoms with Crippen LogP contribution in [0.15, 0.2) is 46.9 Å². The number of benzene rings is 2. The molecule has 182 valence electrons. The molecule has 0 spiro atoms. The van der Waals surface area contributed by atoms with Crippen molar-refractivity contribution in [3.05, 3.63) is 58.1 Å². The van der Waals surface area contributed by atoms with Gasteiger partial charge in [-0.1, -0.05) is 46.3 Å². The van der Waals surface area contributed by atoms with Gasteiger partial charge in [-0.05, 0) is 11.6 Å². The number of methoxy groups -OCH3 is 3. The summed E-state index contributed by atoms with van der Waals surface area (Å²) in [6, 6.07) is 11.7. The zero-order valence-electron chi connectivity index (χ0n) is 18.8. The minimum atomic E-state index is -0.960. The fraction of sp³-hybridized carbons (Fsp3) is 0.348. The van der Waals surface area contributed by atoms with Crippen molar-refractivity contribution in [3.63, 3.8) is 0 Å². The van der Waals surface area contributed by atoms with E-state index in [9.17, 15) is 14.4 Å². The Balaban J connectivity index is 2.12. The Morgan fingerprint density at radius 3 is 2.47 bits per heavy atom. The number of nitrogens with one attached hydrogen (secondary N) is 1. The standard InChI is InChI=1S/C23H25BrN2O7S/c1-31-14-10-15(24)20(17(11-14)32-2)22-26(21(28)18(34-22)12-19(27)25-30)16(23(29)33-3)9-13-7-5-4-6-8-13/h4-8,10-11,16,18,22,30H,9,12H2,1-3H3,(H,25,27). The third-order valence-electron chi connectivity index (χ3n) is 5.42. The first-order valence-electron chi connectivity index (χ1n) is 10.3. The molecule has 9 nitrogen and oxygen atoms in total. The van der Waals surface area contributed by atoms with Crippen molar-refractivity contribution in [2.24, 2.45) is 0 Å². The lowest BCUT2D eigenvalue weighted by Gasteiger charge is -2.32. The van der Waals surface area contributed by atoms with E-state index in [2.05, 4.69) is 15.9 Å². The number of ether oxygens (including phenoxy) is 3. The lowest BCUT2D eigenvalue weighted by atomic mass is 10.0. The van der Waals surface area contributed by atoms with Crippen LogP contribution in [-0.4, -0.2) is 60.5 Å². The Morgan fingerprint density at radius 1 is 1.18 bits per heavy atom. The van der Waals surface area contributed by atoms with Gasteiger partial charge in [0.15, 0.2) is 0 Å². The molecule has 3 unspecified atom stereocenters. The monoisotopic (exact) mass is 552 g/mol. The number of rotatable bonds is 9. The Labute approximate surface area is 209 Å². The molecule has 0 saturated carbocycles. The maximum atomic E-state index is 13.6. The molecule has 0 aromatic heterocycles. The van der Waals surface area contributed by atoms with E-state index in [1.807, 2.05) is 30.3 Å². The fourth-order valence-corrected chi connectivity index (χ4v) is 6.15. The Kier molecular flexibility index (Phi) is 8.81. The highest BCUT2D eigenvalue weighted by Crippen LogP contribution is 2.51. The summed E-state index contributed by atoms with van der Waals surface area (Å²) in [5, 5.41) is 7.47. The molecule has 1 heterocycles. The van der Waals surface area contributed by atoms with E-state index in [0.717, 1.165) is 5.56 Å². The van der Waals surface area contributed by atoms with Gasteiger partial charge in [0.2, 0.25) is 11.8 Å². The van der Waals surface area contributed by atoms with E-state index in [4.69, 9.17) is 19.4 Å². The fourth-order valence-electron chi connectivity index (χ4n) is 3.80. The van der Waals surface area contributed by atoms with Gasteiger partial charge < -0.3 is 19.1 Å². The van der Waals surface area contributed by atoms with Gasteiger partial charge in [0.25, 0.3) is 0 Å². The molecule has 1 saturated heterocycles. The van der Waals surface area contributed by atoms with Gasteiger partial charge in [0, 0.05) is 28.9 Å². The molecule has 0 bridgehead atoms. The van der Waals surface area contributed by atoms with Crippen LogP contribution >= 0.6 is 27.7 Å². The minimum Gasteiger partial charge on any atom is -0.497 e. The van der Waals surface area contributed by atoms with Crippen LogP contribution in [0.2, 0.25) is 0 Å². The number of esters is 1. The van der Waals surface area contributed by atoms with Gasteiger partial charge in [0.05, 0.1) is 26.6 Å². The second-order valence-electron chi connectivity index (χ2n) is 7.42. The number of hydrogen-bond acceptors (Lipinski definition) is 8. The third kappa shape index (κ3) is 5.48. The molecule has 0 radical (unpaired) electrons. The summed E-state index contributed by atoms with van der Waals surface area (Å²) in [5.74, 6) is -0.728. The Bertz CT molecular complexity index is 1050. The first-order valence-corrected chi connectivity index (χ1v) is 12.0. The average Bonchev–Trinajstić information content (AvgIpc) is 3.16. The number of carbonyl (C=O) groups is 3. The van der Waals surface area contributed by atoms with Crippen LogP contribution < -0.4 is 15.0 Å². The van der Waals surface area contributed by atoms with Crippen LogP contribution in [-0.2, 0) is 25.5 Å². The molecule has 3 rings (SSSR count). The number of thioether (sulfide) groups is 1. The second-order valence-corrected chi connectivity index (χ2v) is 9.56. The second kappa shape index (κ2) is 11.6. The number of carbonyl (C=O) groups excluding carboxylic acids is 3. The van der Waals surface area contributed by atoms with Gasteiger partial charge in [-0.25, -0.2) is 10.3 Å². The SMILES string of the molecule is COC(=O)C(Cc1ccccc1)N1C(=O)C(CC(=O)NO)SC1c1c(Br)cc(OC)cc1OC. The quantitative estimate of drug-likeness (QED) is 0.277. The zero-order chi connectivity index (χ0) is 24.8. The molecular weight excluding hydrogens is 528 g/mol. The number of hydroxylamine groups is 1. The summed E-state index contributed by atoms with van der Waals surface area (Å²) in [4.78, 5) is 39.9. The molecule has 1 aliphatic rings. The molecular formula is C23H25BrN2O7S. The van der Waals surface area contributed by atoms with Crippen LogP contribution in [0, 0.1) is 0 Å². The predicted octanol–water partition coefficient (Wildman–Crippen LogP) is 3.09. The molecule has 2 aromatic rings. The summed E-state index contributed by atoms with van der Waals surface area (Å²) in [6.07, 6.45) is -0.0480. The summed E-state index contributed by atoms with van der Waals surface area (Å²) in [6.45, 7) is 0. The highest BCUT2D eigenvalue weighted by molar-refractivity contribution is 9.10. The van der Waals surface area contributed by atoms with E-state index >= 15 is 0 Å². The van der Waals surface area contributed by atoms with Gasteiger partial charge in [-0.15, -0.1) is 11.8 Å². The van der Waals surface area contributed by atoms with E-state index in [0.29, 0.717) is 21.5 Å². The lowest BCUT2D eigenvalue weighted by Crippen LogP contribution is -2.47. The zero-order valence-corrected chi connectivity index (χ0v) is 21.2. The predicted molar refractivity (Wildman–Crippen MR) is 129 cm³/mol. The molecule has 34 heavy (non-hydrogen) atoms. The maximum absolute atomic E-state index is 13.6. The van der Waals surface area contributed by atoms with Gasteiger partial charge in [0.1, 0.15) is 22.9 Å². The number of amides is 2.